The summed E-state index contributed by atoms with van der Waals surface area (Å²) < 4.78 is 15.0. The van der Waals surface area contributed by atoms with Gasteiger partial charge in [-0.2, -0.15) is 5.10 Å². The number of rotatable bonds is 3. The average molecular weight is 395 g/mol. The fourth-order valence-corrected chi connectivity index (χ4v) is 4.55. The van der Waals surface area contributed by atoms with Gasteiger partial charge in [0, 0.05) is 47.9 Å². The van der Waals surface area contributed by atoms with Gasteiger partial charge < -0.3 is 15.6 Å². The number of benzene rings is 1. The van der Waals surface area contributed by atoms with E-state index in [1.807, 2.05) is 23.2 Å². The molecule has 0 spiro atoms. The van der Waals surface area contributed by atoms with Crippen molar-refractivity contribution in [2.75, 3.05) is 13.1 Å². The number of fused-ring (bicyclic) bond motifs is 2. The van der Waals surface area contributed by atoms with Crippen molar-refractivity contribution >= 4 is 22.7 Å². The van der Waals surface area contributed by atoms with Crippen molar-refractivity contribution in [2.24, 2.45) is 5.73 Å². The summed E-state index contributed by atoms with van der Waals surface area (Å²) in [6.07, 6.45) is 3.09. The van der Waals surface area contributed by atoms with Crippen molar-refractivity contribution < 1.29 is 14.0 Å². The first-order valence-corrected chi connectivity index (χ1v) is 9.90. The summed E-state index contributed by atoms with van der Waals surface area (Å²) in [6.45, 7) is 1.51. The number of nitrogens with zero attached hydrogens (tertiary/aromatic N) is 3. The lowest BCUT2D eigenvalue weighted by Crippen LogP contribution is -2.38. The topological polar surface area (TPSA) is 97.0 Å². The Bertz CT molecular complexity index is 1090. The van der Waals surface area contributed by atoms with Gasteiger partial charge in [-0.3, -0.25) is 14.3 Å². The molecule has 5 rings (SSSR count). The van der Waals surface area contributed by atoms with Crippen LogP contribution in [0.15, 0.2) is 30.5 Å². The van der Waals surface area contributed by atoms with Crippen LogP contribution >= 0.6 is 0 Å². The third-order valence-corrected chi connectivity index (χ3v) is 6.10. The second-order valence-electron chi connectivity index (χ2n) is 7.94. The van der Waals surface area contributed by atoms with Crippen LogP contribution in [0.2, 0.25) is 0 Å². The molecule has 0 saturated carbocycles. The summed E-state index contributed by atoms with van der Waals surface area (Å²) >= 11 is 0. The lowest BCUT2D eigenvalue weighted by atomic mass is 9.88. The van der Waals surface area contributed by atoms with Gasteiger partial charge in [-0.05, 0) is 48.6 Å². The number of hydrogen-bond acceptors (Lipinski definition) is 3. The number of primary amides is 1. The van der Waals surface area contributed by atoms with E-state index in [1.165, 1.54) is 0 Å². The SMILES string of the molecule is NC(=O)c1ccc2[nH]cc(C3CCN(C(=O)c4cc5n(n4)CC(F)C5)CC3)c2c1. The highest BCUT2D eigenvalue weighted by Gasteiger charge is 2.30. The molecule has 1 aromatic carbocycles. The van der Waals surface area contributed by atoms with Crippen molar-refractivity contribution in [1.29, 1.82) is 0 Å². The highest BCUT2D eigenvalue weighted by Crippen LogP contribution is 2.34. The third kappa shape index (κ3) is 3.08. The van der Waals surface area contributed by atoms with Crippen molar-refractivity contribution in [2.45, 2.75) is 37.9 Å². The van der Waals surface area contributed by atoms with Crippen LogP contribution in [0.5, 0.6) is 0 Å². The van der Waals surface area contributed by atoms with Gasteiger partial charge >= 0.3 is 0 Å². The molecule has 0 radical (unpaired) electrons. The molecule has 2 aromatic heterocycles. The van der Waals surface area contributed by atoms with Crippen LogP contribution in [-0.2, 0) is 13.0 Å². The fraction of sp³-hybridized carbons (Fsp3) is 0.381. The molecule has 2 amide bonds. The van der Waals surface area contributed by atoms with Crippen LogP contribution in [0.4, 0.5) is 4.39 Å². The summed E-state index contributed by atoms with van der Waals surface area (Å²) in [4.78, 5) is 29.4. The largest absolute Gasteiger partial charge is 0.366 e. The van der Waals surface area contributed by atoms with Gasteiger partial charge in [-0.25, -0.2) is 4.39 Å². The molecule has 29 heavy (non-hydrogen) atoms. The number of halogens is 1. The second kappa shape index (κ2) is 6.72. The lowest BCUT2D eigenvalue weighted by molar-refractivity contribution is 0.0705. The number of nitrogens with two attached hydrogens (primary N) is 1. The molecule has 2 aliphatic heterocycles. The Balaban J connectivity index is 1.30. The number of nitrogens with one attached hydrogen (secondary N) is 1. The molecule has 1 fully saturated rings. The minimum atomic E-state index is -0.899. The van der Waals surface area contributed by atoms with E-state index in [-0.39, 0.29) is 12.5 Å². The van der Waals surface area contributed by atoms with Gasteiger partial charge in [0.2, 0.25) is 5.91 Å². The maximum Gasteiger partial charge on any atom is 0.274 e. The van der Waals surface area contributed by atoms with E-state index in [1.54, 1.807) is 16.8 Å². The number of H-pyrrole nitrogens is 1. The number of aromatic amines is 1. The Kier molecular flexibility index (Phi) is 4.15. The zero-order chi connectivity index (χ0) is 20.1. The van der Waals surface area contributed by atoms with Crippen LogP contribution in [0, 0.1) is 0 Å². The Morgan fingerprint density at radius 2 is 2.00 bits per heavy atom. The van der Waals surface area contributed by atoms with Gasteiger partial charge in [-0.1, -0.05) is 0 Å². The monoisotopic (exact) mass is 395 g/mol. The summed E-state index contributed by atoms with van der Waals surface area (Å²) in [6, 6.07) is 7.15. The molecule has 1 atom stereocenters. The molecule has 4 heterocycles. The minimum Gasteiger partial charge on any atom is -0.366 e. The number of carbonyl (C=O) groups excluding carboxylic acids is 2. The summed E-state index contributed by atoms with van der Waals surface area (Å²) in [5, 5.41) is 5.30. The molecule has 150 valence electrons. The number of alkyl halides is 1. The second-order valence-corrected chi connectivity index (χ2v) is 7.94. The summed E-state index contributed by atoms with van der Waals surface area (Å²) in [5.41, 5.74) is 9.25. The van der Waals surface area contributed by atoms with Gasteiger partial charge in [0.25, 0.3) is 5.91 Å². The molecular formula is C21H22FN5O2. The van der Waals surface area contributed by atoms with E-state index in [0.29, 0.717) is 36.7 Å². The van der Waals surface area contributed by atoms with Crippen LogP contribution < -0.4 is 5.73 Å². The summed E-state index contributed by atoms with van der Waals surface area (Å²) in [7, 11) is 0. The van der Waals surface area contributed by atoms with E-state index in [9.17, 15) is 14.0 Å². The van der Waals surface area contributed by atoms with E-state index in [0.717, 1.165) is 35.0 Å². The Morgan fingerprint density at radius 1 is 1.21 bits per heavy atom. The first kappa shape index (κ1) is 17.9. The maximum absolute atomic E-state index is 13.4. The number of amides is 2. The molecule has 1 saturated heterocycles. The summed E-state index contributed by atoms with van der Waals surface area (Å²) in [5.74, 6) is -0.226. The van der Waals surface area contributed by atoms with Crippen LogP contribution in [0.25, 0.3) is 10.9 Å². The predicted octanol–water partition coefficient (Wildman–Crippen LogP) is 2.38. The highest BCUT2D eigenvalue weighted by molar-refractivity contribution is 5.98. The number of aromatic nitrogens is 3. The molecule has 1 unspecified atom stereocenters. The molecule has 7 nitrogen and oxygen atoms in total. The number of piperidine rings is 1. The molecule has 8 heteroatoms. The van der Waals surface area contributed by atoms with Crippen molar-refractivity contribution in [3.63, 3.8) is 0 Å². The van der Waals surface area contributed by atoms with Crippen LogP contribution in [0.3, 0.4) is 0 Å². The van der Waals surface area contributed by atoms with Gasteiger partial charge in [0.05, 0.1) is 6.54 Å². The number of carbonyl (C=O) groups is 2. The number of likely N-dealkylation sites (tertiary alicyclic amines) is 1. The van der Waals surface area contributed by atoms with Gasteiger partial charge in [0.15, 0.2) is 5.69 Å². The molecule has 0 bridgehead atoms. The van der Waals surface area contributed by atoms with E-state index >= 15 is 0 Å². The van der Waals surface area contributed by atoms with Crippen molar-refractivity contribution in [1.82, 2.24) is 19.7 Å². The molecule has 2 aliphatic rings. The van der Waals surface area contributed by atoms with Gasteiger partial charge in [-0.15, -0.1) is 0 Å². The first-order chi connectivity index (χ1) is 14.0. The molecule has 3 aromatic rings. The smallest absolute Gasteiger partial charge is 0.274 e. The van der Waals surface area contributed by atoms with E-state index < -0.39 is 12.1 Å². The quantitative estimate of drug-likeness (QED) is 0.712. The Morgan fingerprint density at radius 3 is 2.72 bits per heavy atom. The number of hydrogen-bond donors (Lipinski definition) is 2. The fourth-order valence-electron chi connectivity index (χ4n) is 4.55. The lowest BCUT2D eigenvalue weighted by Gasteiger charge is -2.31. The molecular weight excluding hydrogens is 373 g/mol. The van der Waals surface area contributed by atoms with E-state index in [4.69, 9.17) is 5.73 Å². The van der Waals surface area contributed by atoms with Crippen molar-refractivity contribution in [3.05, 3.63) is 53.0 Å². The standard InChI is InChI=1S/C21H22FN5O2/c22-14-8-15-9-19(25-27(15)11-14)21(29)26-5-3-12(4-6-26)17-10-24-18-2-1-13(20(23)28)7-16(17)18/h1-2,7,9-10,12,14,24H,3-6,8,11H2,(H2,23,28). The third-order valence-electron chi connectivity index (χ3n) is 6.10. The Labute approximate surface area is 166 Å². The van der Waals surface area contributed by atoms with E-state index in [2.05, 4.69) is 10.1 Å². The van der Waals surface area contributed by atoms with Crippen LogP contribution in [0.1, 0.15) is 50.9 Å². The molecule has 0 aliphatic carbocycles. The predicted molar refractivity (Wildman–Crippen MR) is 106 cm³/mol. The maximum atomic E-state index is 13.4. The average Bonchev–Trinajstić information content (AvgIpc) is 3.39. The zero-order valence-electron chi connectivity index (χ0n) is 15.9. The Hall–Kier alpha value is -3.16. The zero-order valence-corrected chi connectivity index (χ0v) is 15.9. The highest BCUT2D eigenvalue weighted by atomic mass is 19.1. The van der Waals surface area contributed by atoms with Crippen molar-refractivity contribution in [3.8, 4) is 0 Å². The minimum absolute atomic E-state index is 0.0873. The van der Waals surface area contributed by atoms with Gasteiger partial charge in [0.1, 0.15) is 6.17 Å². The first-order valence-electron chi connectivity index (χ1n) is 9.90. The molecule has 3 N–H and O–H groups in total. The normalized spacial score (nSPS) is 19.6. The van der Waals surface area contributed by atoms with Crippen LogP contribution in [-0.4, -0.2) is 50.7 Å².